The Labute approximate surface area is 233 Å². The van der Waals surface area contributed by atoms with Crippen molar-refractivity contribution < 1.29 is 18.7 Å². The molecule has 212 valence electrons. The van der Waals surface area contributed by atoms with E-state index in [0.29, 0.717) is 63.8 Å². The molecule has 6 rings (SSSR count). The second-order valence-corrected chi connectivity index (χ2v) is 10.9. The van der Waals surface area contributed by atoms with Gasteiger partial charge in [0, 0.05) is 73.6 Å². The average Bonchev–Trinajstić information content (AvgIpc) is 3.52. The van der Waals surface area contributed by atoms with Crippen molar-refractivity contribution in [3.05, 3.63) is 58.0 Å². The number of nitrogens with zero attached hydrogens (tertiary/aromatic N) is 5. The van der Waals surface area contributed by atoms with E-state index in [-0.39, 0.29) is 22.4 Å². The van der Waals surface area contributed by atoms with E-state index >= 15 is 4.39 Å². The minimum absolute atomic E-state index is 0.0587. The van der Waals surface area contributed by atoms with Crippen LogP contribution in [0.4, 0.5) is 20.3 Å². The van der Waals surface area contributed by atoms with Crippen LogP contribution in [0.25, 0.3) is 44.1 Å². The molecule has 5 heterocycles. The highest BCUT2D eigenvalue weighted by Gasteiger charge is 2.34. The van der Waals surface area contributed by atoms with Gasteiger partial charge >= 0.3 is 5.97 Å². The number of nitrogens with one attached hydrogen (secondary N) is 2. The second-order valence-electron chi connectivity index (χ2n) is 10.9. The summed E-state index contributed by atoms with van der Waals surface area (Å²) in [5, 5.41) is 13.0. The van der Waals surface area contributed by atoms with Crippen LogP contribution in [-0.2, 0) is 7.05 Å². The van der Waals surface area contributed by atoms with E-state index in [1.54, 1.807) is 32.4 Å². The number of hydrogen-bond donors (Lipinski definition) is 3. The molecule has 1 aromatic carbocycles. The van der Waals surface area contributed by atoms with E-state index in [0.717, 1.165) is 6.07 Å². The van der Waals surface area contributed by atoms with Gasteiger partial charge in [0.2, 0.25) is 5.43 Å². The third-order valence-electron chi connectivity index (χ3n) is 8.09. The number of pyridine rings is 3. The summed E-state index contributed by atoms with van der Waals surface area (Å²) < 4.78 is 31.4. The summed E-state index contributed by atoms with van der Waals surface area (Å²) in [5.41, 5.74) is 1.52. The molecule has 2 unspecified atom stereocenters. The molecule has 1 saturated heterocycles. The fourth-order valence-corrected chi connectivity index (χ4v) is 6.03. The van der Waals surface area contributed by atoms with Crippen molar-refractivity contribution in [1.82, 2.24) is 24.4 Å². The third kappa shape index (κ3) is 4.08. The predicted octanol–water partition coefficient (Wildman–Crippen LogP) is 4.03. The van der Waals surface area contributed by atoms with Gasteiger partial charge in [0.1, 0.15) is 22.7 Å². The zero-order valence-corrected chi connectivity index (χ0v) is 23.2. The summed E-state index contributed by atoms with van der Waals surface area (Å²) in [5.74, 6) is -2.41. The van der Waals surface area contributed by atoms with Crippen LogP contribution in [0.15, 0.2) is 35.4 Å². The second kappa shape index (κ2) is 9.51. The first-order valence-electron chi connectivity index (χ1n) is 13.2. The Balaban J connectivity index is 1.67. The summed E-state index contributed by atoms with van der Waals surface area (Å²) in [4.78, 5) is 41.8. The number of benzene rings is 1. The number of carboxylic acids is 1. The zero-order chi connectivity index (χ0) is 29.3. The average molecular weight is 562 g/mol. The highest BCUT2D eigenvalue weighted by Crippen LogP contribution is 2.40. The number of aromatic nitrogens is 4. The van der Waals surface area contributed by atoms with Crippen LogP contribution < -0.4 is 15.6 Å². The van der Waals surface area contributed by atoms with Crippen LogP contribution in [0, 0.1) is 17.6 Å². The maximum Gasteiger partial charge on any atom is 0.341 e. The molecule has 41 heavy (non-hydrogen) atoms. The van der Waals surface area contributed by atoms with Gasteiger partial charge in [-0.1, -0.05) is 6.92 Å². The Hall–Kier alpha value is -4.58. The Morgan fingerprint density at radius 1 is 1.20 bits per heavy atom. The molecule has 0 aliphatic carbocycles. The lowest BCUT2D eigenvalue weighted by Crippen LogP contribution is -2.34. The van der Waals surface area contributed by atoms with E-state index in [1.165, 1.54) is 10.8 Å². The maximum absolute atomic E-state index is 15.3. The van der Waals surface area contributed by atoms with Crippen LogP contribution >= 0.6 is 0 Å². The van der Waals surface area contributed by atoms with Gasteiger partial charge in [-0.3, -0.25) is 4.79 Å². The van der Waals surface area contributed by atoms with Gasteiger partial charge in [0.05, 0.1) is 16.6 Å². The SMILES string of the molecule is CNc1cc(F)c(F)c2c1[nH]c1nc(N3CC(C)C(N(C)C)C3)c(-c3cnc4c(c3)c(=O)c(C(=O)O)cn4C)cc12. The number of likely N-dealkylation sites (N-methyl/N-ethyl adjacent to an activating group) is 1. The van der Waals surface area contributed by atoms with Crippen LogP contribution in [-0.4, -0.2) is 75.8 Å². The standard InChI is InChI=1S/C29H29F2N7O3/c1-13-10-38(12-21(13)36(3)4)28-15(14-6-17-25(39)18(29(40)41)11-37(5)27(17)33-9-14)7-16-22-23(31)19(30)8-20(32-2)24(22)34-26(16)35-28/h6-9,11,13,21,32H,10,12H2,1-5H3,(H,34,35)(H,40,41). The van der Waals surface area contributed by atoms with Gasteiger partial charge in [0.25, 0.3) is 0 Å². The van der Waals surface area contributed by atoms with Crippen molar-refractivity contribution >= 4 is 50.4 Å². The normalized spacial score (nSPS) is 17.4. The zero-order valence-electron chi connectivity index (χ0n) is 23.2. The monoisotopic (exact) mass is 561 g/mol. The predicted molar refractivity (Wildman–Crippen MR) is 155 cm³/mol. The first kappa shape index (κ1) is 26.6. The number of rotatable bonds is 5. The lowest BCUT2D eigenvalue weighted by Gasteiger charge is -2.24. The molecule has 12 heteroatoms. The number of aromatic carboxylic acids is 1. The number of H-pyrrole nitrogens is 1. The Bertz CT molecular complexity index is 1950. The van der Waals surface area contributed by atoms with Gasteiger partial charge in [-0.25, -0.2) is 23.5 Å². The fraction of sp³-hybridized carbons (Fsp3) is 0.310. The van der Waals surface area contributed by atoms with E-state index in [2.05, 4.69) is 32.0 Å². The largest absolute Gasteiger partial charge is 0.477 e. The van der Waals surface area contributed by atoms with Crippen LogP contribution in [0.3, 0.4) is 0 Å². The van der Waals surface area contributed by atoms with Gasteiger partial charge in [-0.2, -0.15) is 0 Å². The maximum atomic E-state index is 15.3. The number of carbonyl (C=O) groups is 1. The number of fused-ring (bicyclic) bond motifs is 4. The number of aromatic amines is 1. The molecule has 1 fully saturated rings. The number of aryl methyl sites for hydroxylation is 1. The summed E-state index contributed by atoms with van der Waals surface area (Å²) in [6.45, 7) is 3.54. The van der Waals surface area contributed by atoms with Crippen molar-refractivity contribution in [3.63, 3.8) is 0 Å². The van der Waals surface area contributed by atoms with Crippen molar-refractivity contribution in [3.8, 4) is 11.1 Å². The number of hydrogen-bond acceptors (Lipinski definition) is 7. The van der Waals surface area contributed by atoms with Crippen molar-refractivity contribution in [2.24, 2.45) is 13.0 Å². The molecule has 3 N–H and O–H groups in total. The smallest absolute Gasteiger partial charge is 0.341 e. The summed E-state index contributed by atoms with van der Waals surface area (Å²) >= 11 is 0. The molecule has 10 nitrogen and oxygen atoms in total. The van der Waals surface area contributed by atoms with Crippen LogP contribution in [0.1, 0.15) is 17.3 Å². The summed E-state index contributed by atoms with van der Waals surface area (Å²) in [6.07, 6.45) is 2.83. The minimum atomic E-state index is -1.33. The van der Waals surface area contributed by atoms with E-state index in [9.17, 15) is 19.1 Å². The molecule has 5 aromatic rings. The number of anilines is 2. The van der Waals surface area contributed by atoms with Gasteiger partial charge < -0.3 is 29.8 Å². The van der Waals surface area contributed by atoms with Crippen molar-refractivity contribution in [2.45, 2.75) is 13.0 Å². The lowest BCUT2D eigenvalue weighted by atomic mass is 10.0. The first-order valence-corrected chi connectivity index (χ1v) is 13.2. The van der Waals surface area contributed by atoms with E-state index in [1.807, 2.05) is 14.1 Å². The highest BCUT2D eigenvalue weighted by atomic mass is 19.2. The van der Waals surface area contributed by atoms with Crippen LogP contribution in [0.2, 0.25) is 0 Å². The summed E-state index contributed by atoms with van der Waals surface area (Å²) in [7, 11) is 7.30. The van der Waals surface area contributed by atoms with Crippen LogP contribution in [0.5, 0.6) is 0 Å². The Morgan fingerprint density at radius 3 is 2.61 bits per heavy atom. The van der Waals surface area contributed by atoms with E-state index < -0.39 is 23.0 Å². The Kier molecular flexibility index (Phi) is 6.18. The molecule has 0 saturated carbocycles. The van der Waals surface area contributed by atoms with E-state index in [4.69, 9.17) is 4.98 Å². The minimum Gasteiger partial charge on any atom is -0.477 e. The van der Waals surface area contributed by atoms with Gasteiger partial charge in [-0.05, 0) is 32.1 Å². The number of halogens is 2. The Morgan fingerprint density at radius 2 is 1.95 bits per heavy atom. The number of carboxylic acid groups (broad SMARTS) is 1. The molecule has 0 radical (unpaired) electrons. The molecule has 1 aliphatic rings. The van der Waals surface area contributed by atoms with Crippen molar-refractivity contribution in [1.29, 1.82) is 0 Å². The van der Waals surface area contributed by atoms with Gasteiger partial charge in [-0.15, -0.1) is 0 Å². The lowest BCUT2D eigenvalue weighted by molar-refractivity contribution is 0.0695. The molecule has 2 atom stereocenters. The molecule has 0 spiro atoms. The molecule has 1 aliphatic heterocycles. The molecule has 0 amide bonds. The topological polar surface area (TPSA) is 119 Å². The van der Waals surface area contributed by atoms with Gasteiger partial charge in [0.15, 0.2) is 11.6 Å². The quantitative estimate of drug-likeness (QED) is 0.294. The fourth-order valence-electron chi connectivity index (χ4n) is 6.03. The molecule has 0 bridgehead atoms. The highest BCUT2D eigenvalue weighted by molar-refractivity contribution is 6.12. The first-order chi connectivity index (χ1) is 19.5. The van der Waals surface area contributed by atoms with Crippen molar-refractivity contribution in [2.75, 3.05) is 44.4 Å². The third-order valence-corrected chi connectivity index (χ3v) is 8.09. The summed E-state index contributed by atoms with van der Waals surface area (Å²) in [6, 6.07) is 4.69. The molecular formula is C29H29F2N7O3. The molecule has 4 aromatic heterocycles. The molecular weight excluding hydrogens is 532 g/mol.